The van der Waals surface area contributed by atoms with Crippen LogP contribution in [-0.2, 0) is 29.2 Å². The first-order valence-corrected chi connectivity index (χ1v) is 7.83. The zero-order valence-corrected chi connectivity index (χ0v) is 17.1. The molecule has 0 spiro atoms. The molecule has 0 aliphatic heterocycles. The fourth-order valence-corrected chi connectivity index (χ4v) is 1.78. The molecule has 0 saturated heterocycles. The van der Waals surface area contributed by atoms with Gasteiger partial charge >= 0.3 is 11.9 Å². The van der Waals surface area contributed by atoms with E-state index in [4.69, 9.17) is 14.0 Å². The van der Waals surface area contributed by atoms with E-state index in [-0.39, 0.29) is 76.4 Å². The van der Waals surface area contributed by atoms with Gasteiger partial charge in [0.15, 0.2) is 5.25 Å². The van der Waals surface area contributed by atoms with Gasteiger partial charge in [0, 0.05) is 51.4 Å². The van der Waals surface area contributed by atoms with Gasteiger partial charge in [-0.3, -0.25) is 14.1 Å². The average Bonchev–Trinajstić information content (AvgIpc) is 2.28. The minimum absolute atomic E-state index is 0. The molecule has 0 bridgehead atoms. The molecule has 0 aromatic carbocycles. The van der Waals surface area contributed by atoms with Crippen molar-refractivity contribution in [2.24, 2.45) is 11.8 Å². The second kappa shape index (κ2) is 11.1. The Morgan fingerprint density at radius 3 is 1.81 bits per heavy atom. The molecule has 1 unspecified atom stereocenters. The van der Waals surface area contributed by atoms with Crippen molar-refractivity contribution in [2.75, 3.05) is 13.2 Å². The molecule has 0 aromatic rings. The van der Waals surface area contributed by atoms with Crippen molar-refractivity contribution in [1.29, 1.82) is 0 Å². The molecule has 0 aliphatic rings. The van der Waals surface area contributed by atoms with Gasteiger partial charge in [-0.05, 0) is 11.8 Å². The maximum absolute atomic E-state index is 11.6. The van der Waals surface area contributed by atoms with Crippen molar-refractivity contribution < 1.29 is 32.0 Å². The van der Waals surface area contributed by atoms with E-state index < -0.39 is 33.7 Å². The predicted octanol–water partition coefficient (Wildman–Crippen LogP) is 0.651. The van der Waals surface area contributed by atoms with Gasteiger partial charge < -0.3 is 9.47 Å². The zero-order valence-electron chi connectivity index (χ0n) is 13.2. The Morgan fingerprint density at radius 2 is 1.43 bits per heavy atom. The van der Waals surface area contributed by atoms with Crippen LogP contribution in [0.3, 0.4) is 0 Å². The number of carbonyl (C=O) groups is 2. The van der Waals surface area contributed by atoms with Crippen molar-refractivity contribution in [3.05, 3.63) is 0 Å². The Morgan fingerprint density at radius 1 is 1.00 bits per heavy atom. The maximum atomic E-state index is 11.6. The van der Waals surface area contributed by atoms with E-state index in [2.05, 4.69) is 0 Å². The monoisotopic (exact) mass is 349 g/mol. The molecule has 0 heterocycles. The minimum atomic E-state index is -4.72. The summed E-state index contributed by atoms with van der Waals surface area (Å²) in [4.78, 5) is 23.0. The largest absolute Gasteiger partial charge is 0.465 e. The summed E-state index contributed by atoms with van der Waals surface area (Å²) < 4.78 is 40.8. The molecule has 0 aromatic heterocycles. The predicted molar refractivity (Wildman–Crippen MR) is 77.3 cm³/mol. The number of ether oxygens (including phenoxy) is 2. The third kappa shape index (κ3) is 11.7. The molecule has 9 heteroatoms. The molecular formula is C12H22KO7S. The van der Waals surface area contributed by atoms with Crippen LogP contribution in [0.1, 0.15) is 34.1 Å². The van der Waals surface area contributed by atoms with Crippen LogP contribution in [0.2, 0.25) is 0 Å². The maximum Gasteiger partial charge on any atom is 0.327 e. The van der Waals surface area contributed by atoms with Crippen LogP contribution in [0.5, 0.6) is 0 Å². The third-order valence-corrected chi connectivity index (χ3v) is 3.19. The molecule has 21 heavy (non-hydrogen) atoms. The summed E-state index contributed by atoms with van der Waals surface area (Å²) in [6, 6.07) is 0. The van der Waals surface area contributed by atoms with Crippen molar-refractivity contribution in [1.82, 2.24) is 0 Å². The van der Waals surface area contributed by atoms with Gasteiger partial charge in [-0.1, -0.05) is 27.7 Å². The standard InChI is InChI=1S/C12H22O7S.K/c1-8(2)6-18-11(13)5-10(20(15,16)17)12(14)19-7-9(3)4;/h8-10H,5-7H2,1-4H3,(H,15,16,17);. The van der Waals surface area contributed by atoms with Crippen LogP contribution in [0.15, 0.2) is 0 Å². The average molecular weight is 349 g/mol. The van der Waals surface area contributed by atoms with Crippen molar-refractivity contribution in [3.63, 3.8) is 0 Å². The van der Waals surface area contributed by atoms with E-state index in [1.165, 1.54) is 0 Å². The smallest absolute Gasteiger partial charge is 0.327 e. The van der Waals surface area contributed by atoms with Gasteiger partial charge in [-0.2, -0.15) is 8.42 Å². The molecule has 1 N–H and O–H groups in total. The Balaban J connectivity index is 0. The molecule has 0 fully saturated rings. The zero-order chi connectivity index (χ0) is 15.9. The SMILES string of the molecule is CC(C)COC(=O)CC(C(=O)OCC(C)C)S(=O)(=O)O.[K]. The second-order valence-corrected chi connectivity index (χ2v) is 6.91. The van der Waals surface area contributed by atoms with E-state index in [1.54, 1.807) is 13.8 Å². The second-order valence-electron chi connectivity index (χ2n) is 5.31. The molecular weight excluding hydrogens is 327 g/mol. The quantitative estimate of drug-likeness (QED) is 0.389. The van der Waals surface area contributed by atoms with Crippen molar-refractivity contribution in [3.8, 4) is 0 Å². The molecule has 0 amide bonds. The van der Waals surface area contributed by atoms with Crippen molar-refractivity contribution in [2.45, 2.75) is 39.4 Å². The normalized spacial score (nSPS) is 12.7. The van der Waals surface area contributed by atoms with E-state index in [1.807, 2.05) is 13.8 Å². The Bertz CT molecular complexity index is 431. The van der Waals surface area contributed by atoms with E-state index in [0.29, 0.717) is 0 Å². The van der Waals surface area contributed by atoms with Crippen LogP contribution in [-0.4, -0.2) is 94.8 Å². The first kappa shape index (κ1) is 23.7. The summed E-state index contributed by atoms with van der Waals surface area (Å²) in [5.74, 6) is -1.93. The van der Waals surface area contributed by atoms with E-state index in [9.17, 15) is 18.0 Å². The Labute approximate surface area is 168 Å². The first-order valence-electron chi connectivity index (χ1n) is 6.32. The van der Waals surface area contributed by atoms with Gasteiger partial charge in [-0.15, -0.1) is 0 Å². The first-order chi connectivity index (χ1) is 9.04. The molecule has 119 valence electrons. The van der Waals surface area contributed by atoms with Crippen LogP contribution in [0.4, 0.5) is 0 Å². The van der Waals surface area contributed by atoms with Crippen molar-refractivity contribution >= 4 is 73.4 Å². The Hall–Kier alpha value is 0.486. The molecule has 7 nitrogen and oxygen atoms in total. The van der Waals surface area contributed by atoms with Crippen LogP contribution in [0, 0.1) is 11.8 Å². The number of carbonyl (C=O) groups excluding carboxylic acids is 2. The summed E-state index contributed by atoms with van der Waals surface area (Å²) in [5.41, 5.74) is 0. The third-order valence-electron chi connectivity index (χ3n) is 2.11. The molecule has 0 saturated carbocycles. The molecule has 1 atom stereocenters. The molecule has 0 aliphatic carbocycles. The summed E-state index contributed by atoms with van der Waals surface area (Å²) in [7, 11) is -4.72. The van der Waals surface area contributed by atoms with E-state index in [0.717, 1.165) is 0 Å². The fourth-order valence-electron chi connectivity index (χ4n) is 1.12. The topological polar surface area (TPSA) is 107 Å². The summed E-state index contributed by atoms with van der Waals surface area (Å²) in [6.45, 7) is 7.28. The molecule has 1 radical (unpaired) electrons. The van der Waals surface area contributed by atoms with E-state index >= 15 is 0 Å². The number of esters is 2. The number of hydrogen-bond acceptors (Lipinski definition) is 6. The van der Waals surface area contributed by atoms with Crippen LogP contribution >= 0.6 is 0 Å². The van der Waals surface area contributed by atoms with Gasteiger partial charge in [0.25, 0.3) is 10.1 Å². The fraction of sp³-hybridized carbons (Fsp3) is 0.833. The van der Waals surface area contributed by atoms with Gasteiger partial charge in [0.1, 0.15) is 0 Å². The number of rotatable bonds is 8. The number of hydrogen-bond donors (Lipinski definition) is 1. The summed E-state index contributed by atoms with van der Waals surface area (Å²) in [6.07, 6.45) is -0.761. The Kier molecular flexibility index (Phi) is 12.5. The summed E-state index contributed by atoms with van der Waals surface area (Å²) in [5, 5.41) is -1.94. The van der Waals surface area contributed by atoms with Gasteiger partial charge in [0.05, 0.1) is 19.6 Å². The van der Waals surface area contributed by atoms with Gasteiger partial charge in [0.2, 0.25) is 0 Å². The van der Waals surface area contributed by atoms with Crippen LogP contribution < -0.4 is 0 Å². The minimum Gasteiger partial charge on any atom is -0.465 e. The van der Waals surface area contributed by atoms with Crippen LogP contribution in [0.25, 0.3) is 0 Å². The molecule has 0 rings (SSSR count). The summed E-state index contributed by atoms with van der Waals surface area (Å²) >= 11 is 0. The van der Waals surface area contributed by atoms with Gasteiger partial charge in [-0.25, -0.2) is 0 Å².